The van der Waals surface area contributed by atoms with E-state index in [1.165, 1.54) is 21.3 Å². The van der Waals surface area contributed by atoms with Crippen molar-refractivity contribution in [2.45, 2.75) is 6.42 Å². The zero-order valence-electron chi connectivity index (χ0n) is 17.3. The Balaban J connectivity index is 1.52. The third-order valence-corrected chi connectivity index (χ3v) is 4.67. The number of nitrogens with one attached hydrogen (secondary N) is 1. The fraction of sp³-hybridized carbons (Fsp3) is 0.174. The van der Waals surface area contributed by atoms with Crippen molar-refractivity contribution in [2.75, 3.05) is 26.6 Å². The number of benzene rings is 2. The quantitative estimate of drug-likeness (QED) is 0.482. The minimum absolute atomic E-state index is 0.134. The molecule has 0 aliphatic carbocycles. The molecule has 0 atom stereocenters. The molecule has 0 aliphatic heterocycles. The molecule has 0 bridgehead atoms. The molecule has 4 aromatic rings. The predicted molar refractivity (Wildman–Crippen MR) is 116 cm³/mol. The van der Waals surface area contributed by atoms with E-state index in [0.29, 0.717) is 39.9 Å². The summed E-state index contributed by atoms with van der Waals surface area (Å²) in [4.78, 5) is 21.1. The fourth-order valence-corrected chi connectivity index (χ4v) is 3.26. The van der Waals surface area contributed by atoms with E-state index in [-0.39, 0.29) is 12.3 Å². The van der Waals surface area contributed by atoms with Crippen molar-refractivity contribution < 1.29 is 23.4 Å². The molecule has 0 saturated heterocycles. The summed E-state index contributed by atoms with van der Waals surface area (Å²) in [5.74, 6) is 1.75. The topological polar surface area (TPSA) is 95.7 Å². The van der Waals surface area contributed by atoms with E-state index >= 15 is 0 Å². The van der Waals surface area contributed by atoms with Gasteiger partial charge in [-0.1, -0.05) is 6.07 Å². The van der Waals surface area contributed by atoms with Gasteiger partial charge in [0.2, 0.25) is 17.5 Å². The van der Waals surface area contributed by atoms with Gasteiger partial charge in [-0.15, -0.1) is 0 Å². The number of carbonyl (C=O) groups is 1. The molecule has 0 aliphatic rings. The Labute approximate surface area is 178 Å². The van der Waals surface area contributed by atoms with Gasteiger partial charge in [0, 0.05) is 23.5 Å². The monoisotopic (exact) mass is 419 g/mol. The van der Waals surface area contributed by atoms with E-state index in [2.05, 4.69) is 15.3 Å². The lowest BCUT2D eigenvalue weighted by atomic mass is 10.1. The van der Waals surface area contributed by atoms with Gasteiger partial charge < -0.3 is 23.9 Å². The van der Waals surface area contributed by atoms with Crippen LogP contribution in [0.25, 0.3) is 22.6 Å². The summed E-state index contributed by atoms with van der Waals surface area (Å²) in [5.41, 5.74) is 3.45. The van der Waals surface area contributed by atoms with E-state index in [1.807, 2.05) is 18.2 Å². The molecule has 0 spiro atoms. The molecule has 1 N–H and O–H groups in total. The van der Waals surface area contributed by atoms with Gasteiger partial charge in [0.15, 0.2) is 17.1 Å². The third kappa shape index (κ3) is 4.28. The molecule has 4 rings (SSSR count). The van der Waals surface area contributed by atoms with E-state index < -0.39 is 0 Å². The fourth-order valence-electron chi connectivity index (χ4n) is 3.26. The lowest BCUT2D eigenvalue weighted by Gasteiger charge is -2.14. The number of nitrogens with zero attached hydrogens (tertiary/aromatic N) is 2. The Kier molecular flexibility index (Phi) is 5.70. The average Bonchev–Trinajstić information content (AvgIpc) is 3.23. The molecule has 2 aromatic carbocycles. The second-order valence-electron chi connectivity index (χ2n) is 6.70. The molecular weight excluding hydrogens is 398 g/mol. The van der Waals surface area contributed by atoms with Crippen LogP contribution in [0.5, 0.6) is 17.2 Å². The number of carbonyl (C=O) groups excluding carboxylic acids is 1. The Bertz CT molecular complexity index is 1180. The van der Waals surface area contributed by atoms with E-state index in [9.17, 15) is 4.79 Å². The van der Waals surface area contributed by atoms with Crippen molar-refractivity contribution in [2.24, 2.45) is 0 Å². The number of hydrogen-bond acceptors (Lipinski definition) is 7. The van der Waals surface area contributed by atoms with Gasteiger partial charge in [0.05, 0.1) is 33.9 Å². The number of fused-ring (bicyclic) bond motifs is 1. The van der Waals surface area contributed by atoms with Crippen molar-refractivity contribution in [3.8, 4) is 28.7 Å². The highest BCUT2D eigenvalue weighted by Gasteiger charge is 2.15. The molecule has 31 heavy (non-hydrogen) atoms. The molecular formula is C23H21N3O5. The number of pyridine rings is 1. The molecule has 2 heterocycles. The second-order valence-corrected chi connectivity index (χ2v) is 6.70. The number of aromatic nitrogens is 2. The normalized spacial score (nSPS) is 10.7. The number of anilines is 1. The third-order valence-electron chi connectivity index (χ3n) is 4.67. The van der Waals surface area contributed by atoms with Crippen LogP contribution in [0.3, 0.4) is 0 Å². The molecule has 0 radical (unpaired) electrons. The molecule has 0 saturated carbocycles. The highest BCUT2D eigenvalue weighted by atomic mass is 16.5. The Morgan fingerprint density at radius 2 is 1.81 bits per heavy atom. The van der Waals surface area contributed by atoms with Crippen LogP contribution < -0.4 is 19.5 Å². The Morgan fingerprint density at radius 1 is 1.03 bits per heavy atom. The summed E-state index contributed by atoms with van der Waals surface area (Å²) in [5, 5.41) is 2.90. The number of hydrogen-bond donors (Lipinski definition) is 1. The van der Waals surface area contributed by atoms with Crippen molar-refractivity contribution in [3.05, 3.63) is 60.4 Å². The number of ether oxygens (including phenoxy) is 3. The van der Waals surface area contributed by atoms with Gasteiger partial charge in [-0.2, -0.15) is 0 Å². The molecule has 2 aromatic heterocycles. The highest BCUT2D eigenvalue weighted by molar-refractivity contribution is 5.93. The molecule has 0 fully saturated rings. The van der Waals surface area contributed by atoms with Gasteiger partial charge in [-0.05, 0) is 35.9 Å². The predicted octanol–water partition coefficient (Wildman–Crippen LogP) is 4.10. The smallest absolute Gasteiger partial charge is 0.228 e. The van der Waals surface area contributed by atoms with Crippen LogP contribution in [0.4, 0.5) is 5.69 Å². The SMILES string of the molecule is COc1cc(CC(=O)Nc2cccc(-c3nc4cnccc4o3)c2)cc(OC)c1OC. The molecule has 8 heteroatoms. The van der Waals surface area contributed by atoms with Crippen LogP contribution in [-0.2, 0) is 11.2 Å². The average molecular weight is 419 g/mol. The van der Waals surface area contributed by atoms with Crippen molar-refractivity contribution in [3.63, 3.8) is 0 Å². The number of rotatable bonds is 7. The van der Waals surface area contributed by atoms with Gasteiger partial charge >= 0.3 is 0 Å². The second kappa shape index (κ2) is 8.74. The maximum Gasteiger partial charge on any atom is 0.228 e. The Morgan fingerprint density at radius 3 is 2.48 bits per heavy atom. The van der Waals surface area contributed by atoms with Crippen molar-refractivity contribution in [1.29, 1.82) is 0 Å². The molecule has 1 amide bonds. The van der Waals surface area contributed by atoms with Crippen LogP contribution in [-0.4, -0.2) is 37.2 Å². The lowest BCUT2D eigenvalue weighted by Crippen LogP contribution is -2.14. The lowest BCUT2D eigenvalue weighted by molar-refractivity contribution is -0.115. The summed E-state index contributed by atoms with van der Waals surface area (Å²) in [6.45, 7) is 0. The summed E-state index contributed by atoms with van der Waals surface area (Å²) in [6, 6.07) is 12.6. The van der Waals surface area contributed by atoms with Crippen LogP contribution in [0.2, 0.25) is 0 Å². The van der Waals surface area contributed by atoms with Gasteiger partial charge in [0.25, 0.3) is 0 Å². The summed E-state index contributed by atoms with van der Waals surface area (Å²) >= 11 is 0. The highest BCUT2D eigenvalue weighted by Crippen LogP contribution is 2.38. The van der Waals surface area contributed by atoms with E-state index in [0.717, 1.165) is 11.1 Å². The van der Waals surface area contributed by atoms with Crippen LogP contribution in [0.1, 0.15) is 5.56 Å². The standard InChI is InChI=1S/C23H21N3O5/c1-28-19-9-14(10-20(29-2)22(19)30-3)11-21(27)25-16-6-4-5-15(12-16)23-26-17-13-24-8-7-18(17)31-23/h4-10,12-13H,11H2,1-3H3,(H,25,27). The van der Waals surface area contributed by atoms with Crippen LogP contribution in [0, 0.1) is 0 Å². The van der Waals surface area contributed by atoms with E-state index in [1.54, 1.807) is 36.7 Å². The molecule has 0 unspecified atom stereocenters. The summed E-state index contributed by atoms with van der Waals surface area (Å²) in [7, 11) is 4.61. The zero-order valence-corrected chi connectivity index (χ0v) is 17.3. The van der Waals surface area contributed by atoms with E-state index in [4.69, 9.17) is 18.6 Å². The first kappa shape index (κ1) is 20.2. The van der Waals surface area contributed by atoms with Gasteiger partial charge in [-0.3, -0.25) is 9.78 Å². The summed E-state index contributed by atoms with van der Waals surface area (Å²) in [6.07, 6.45) is 3.43. The van der Waals surface area contributed by atoms with Crippen molar-refractivity contribution >= 4 is 22.7 Å². The molecule has 158 valence electrons. The van der Waals surface area contributed by atoms with Gasteiger partial charge in [-0.25, -0.2) is 4.98 Å². The number of methoxy groups -OCH3 is 3. The minimum atomic E-state index is -0.187. The summed E-state index contributed by atoms with van der Waals surface area (Å²) < 4.78 is 21.8. The number of oxazole rings is 1. The first-order valence-electron chi connectivity index (χ1n) is 9.51. The largest absolute Gasteiger partial charge is 0.493 e. The Hall–Kier alpha value is -4.07. The first-order chi connectivity index (χ1) is 15.1. The minimum Gasteiger partial charge on any atom is -0.493 e. The zero-order chi connectivity index (χ0) is 21.8. The maximum absolute atomic E-state index is 12.7. The first-order valence-corrected chi connectivity index (χ1v) is 9.51. The van der Waals surface area contributed by atoms with Crippen LogP contribution >= 0.6 is 0 Å². The maximum atomic E-state index is 12.7. The van der Waals surface area contributed by atoms with Crippen LogP contribution in [0.15, 0.2) is 59.3 Å². The molecule has 8 nitrogen and oxygen atoms in total. The number of amides is 1. The van der Waals surface area contributed by atoms with Crippen molar-refractivity contribution in [1.82, 2.24) is 9.97 Å². The van der Waals surface area contributed by atoms with Gasteiger partial charge in [0.1, 0.15) is 5.52 Å².